The van der Waals surface area contributed by atoms with Crippen LogP contribution in [0.3, 0.4) is 0 Å². The van der Waals surface area contributed by atoms with Crippen LogP contribution in [-0.2, 0) is 33.5 Å². The second kappa shape index (κ2) is 5.78. The average Bonchev–Trinajstić information content (AvgIpc) is 3.19. The molecule has 1 fully saturated rings. The molecular weight excluding hydrogens is 286 g/mol. The molecule has 2 aliphatic rings. The molecule has 4 rings (SSSR count). The topological polar surface area (TPSA) is 38.9 Å². The summed E-state index contributed by atoms with van der Waals surface area (Å²) >= 11 is 0. The van der Waals surface area contributed by atoms with Crippen LogP contribution in [0.4, 0.5) is 0 Å². The van der Waals surface area contributed by atoms with Gasteiger partial charge in [0.25, 0.3) is 0 Å². The van der Waals surface area contributed by atoms with Gasteiger partial charge in [-0.25, -0.2) is 4.98 Å². The molecule has 2 aromatic rings. The summed E-state index contributed by atoms with van der Waals surface area (Å²) in [5.74, 6) is 1.29. The third-order valence-corrected chi connectivity index (χ3v) is 5.56. The molecular formula is C18H27N5. The molecule has 1 aliphatic heterocycles. The molecule has 0 saturated carbocycles. The van der Waals surface area contributed by atoms with E-state index < -0.39 is 0 Å². The number of fused-ring (bicyclic) bond motifs is 1. The van der Waals surface area contributed by atoms with E-state index in [0.717, 1.165) is 25.2 Å². The molecule has 1 atom stereocenters. The van der Waals surface area contributed by atoms with Gasteiger partial charge in [-0.2, -0.15) is 5.10 Å². The van der Waals surface area contributed by atoms with Crippen LogP contribution in [-0.4, -0.2) is 30.8 Å². The Bertz CT molecular complexity index is 711. The number of rotatable bonds is 3. The lowest BCUT2D eigenvalue weighted by molar-refractivity contribution is 0.236. The Balaban J connectivity index is 1.60. The zero-order valence-electron chi connectivity index (χ0n) is 14.5. The van der Waals surface area contributed by atoms with E-state index in [4.69, 9.17) is 4.98 Å². The van der Waals surface area contributed by atoms with Gasteiger partial charge >= 0.3 is 0 Å². The highest BCUT2D eigenvalue weighted by atomic mass is 15.3. The zero-order valence-corrected chi connectivity index (χ0v) is 14.5. The summed E-state index contributed by atoms with van der Waals surface area (Å²) in [5.41, 5.74) is 5.34. The van der Waals surface area contributed by atoms with E-state index in [0.29, 0.717) is 6.04 Å². The first kappa shape index (κ1) is 14.9. The second-order valence-electron chi connectivity index (χ2n) is 7.17. The second-order valence-corrected chi connectivity index (χ2v) is 7.17. The van der Waals surface area contributed by atoms with Crippen LogP contribution in [0.15, 0.2) is 6.20 Å². The summed E-state index contributed by atoms with van der Waals surface area (Å²) in [6.45, 7) is 4.26. The first-order valence-electron chi connectivity index (χ1n) is 8.91. The number of likely N-dealkylation sites (tertiary alicyclic amines) is 1. The summed E-state index contributed by atoms with van der Waals surface area (Å²) in [5, 5.41) is 4.49. The highest BCUT2D eigenvalue weighted by Crippen LogP contribution is 2.35. The maximum atomic E-state index is 5.05. The van der Waals surface area contributed by atoms with E-state index in [-0.39, 0.29) is 0 Å². The minimum atomic E-state index is 0.463. The molecule has 0 unspecified atom stereocenters. The quantitative estimate of drug-likeness (QED) is 0.874. The van der Waals surface area contributed by atoms with Gasteiger partial charge in [-0.05, 0) is 52.0 Å². The molecule has 1 saturated heterocycles. The first-order valence-corrected chi connectivity index (χ1v) is 8.91. The number of hydrogen-bond acceptors (Lipinski definition) is 3. The Morgan fingerprint density at radius 2 is 2.00 bits per heavy atom. The molecule has 5 heteroatoms. The van der Waals surface area contributed by atoms with Crippen LogP contribution < -0.4 is 0 Å². The fourth-order valence-corrected chi connectivity index (χ4v) is 4.34. The minimum Gasteiger partial charge on any atom is -0.334 e. The van der Waals surface area contributed by atoms with Crippen molar-refractivity contribution in [2.45, 2.75) is 58.0 Å². The van der Waals surface area contributed by atoms with Crippen LogP contribution in [0.2, 0.25) is 0 Å². The Morgan fingerprint density at radius 1 is 1.17 bits per heavy atom. The van der Waals surface area contributed by atoms with Crippen molar-refractivity contribution in [3.8, 4) is 0 Å². The van der Waals surface area contributed by atoms with Crippen LogP contribution in [0.5, 0.6) is 0 Å². The van der Waals surface area contributed by atoms with Crippen molar-refractivity contribution < 1.29 is 0 Å². The normalized spacial score (nSPS) is 21.8. The number of imidazole rings is 1. The Morgan fingerprint density at radius 3 is 2.74 bits per heavy atom. The lowest BCUT2D eigenvalue weighted by Gasteiger charge is -2.24. The standard InChI is InChI=1S/C18H27N5/c1-13-14(11-21(2)20-13)12-23-10-6-9-17(23)18-19-15-7-4-5-8-16(15)22(18)3/h11,17H,4-10,12H2,1-3H3/t17-/m1/s1. The van der Waals surface area contributed by atoms with Crippen LogP contribution in [0.25, 0.3) is 0 Å². The van der Waals surface area contributed by atoms with Crippen LogP contribution in [0, 0.1) is 6.92 Å². The molecule has 0 amide bonds. The maximum absolute atomic E-state index is 5.05. The van der Waals surface area contributed by atoms with Gasteiger partial charge in [-0.3, -0.25) is 9.58 Å². The minimum absolute atomic E-state index is 0.463. The highest BCUT2D eigenvalue weighted by molar-refractivity contribution is 5.23. The van der Waals surface area contributed by atoms with Gasteiger partial charge < -0.3 is 4.57 Å². The lowest BCUT2D eigenvalue weighted by Crippen LogP contribution is -2.25. The van der Waals surface area contributed by atoms with Crippen molar-refractivity contribution in [3.63, 3.8) is 0 Å². The van der Waals surface area contributed by atoms with E-state index >= 15 is 0 Å². The van der Waals surface area contributed by atoms with Crippen molar-refractivity contribution in [3.05, 3.63) is 34.7 Å². The maximum Gasteiger partial charge on any atom is 0.126 e. The fourth-order valence-electron chi connectivity index (χ4n) is 4.34. The summed E-state index contributed by atoms with van der Waals surface area (Å²) in [6, 6.07) is 0.463. The Hall–Kier alpha value is -1.62. The molecule has 5 nitrogen and oxygen atoms in total. The van der Waals surface area contributed by atoms with Crippen LogP contribution in [0.1, 0.15) is 60.2 Å². The van der Waals surface area contributed by atoms with E-state index in [2.05, 4.69) is 34.7 Å². The summed E-state index contributed by atoms with van der Waals surface area (Å²) in [6.07, 6.45) is 9.63. The van der Waals surface area contributed by atoms with Gasteiger partial charge in [0.05, 0.1) is 17.4 Å². The Kier molecular flexibility index (Phi) is 3.76. The number of aromatic nitrogens is 4. The van der Waals surface area contributed by atoms with Gasteiger partial charge in [0.2, 0.25) is 0 Å². The van der Waals surface area contributed by atoms with Gasteiger partial charge in [0, 0.05) is 38.1 Å². The summed E-state index contributed by atoms with van der Waals surface area (Å²) < 4.78 is 4.32. The van der Waals surface area contributed by atoms with Crippen molar-refractivity contribution in [2.24, 2.45) is 14.1 Å². The summed E-state index contributed by atoms with van der Waals surface area (Å²) in [7, 11) is 4.23. The third-order valence-electron chi connectivity index (χ3n) is 5.56. The molecule has 0 spiro atoms. The van der Waals surface area contributed by atoms with Gasteiger partial charge in [0.1, 0.15) is 5.82 Å². The predicted molar refractivity (Wildman–Crippen MR) is 90.2 cm³/mol. The van der Waals surface area contributed by atoms with Crippen molar-refractivity contribution in [1.82, 2.24) is 24.2 Å². The molecule has 0 aromatic carbocycles. The van der Waals surface area contributed by atoms with E-state index in [9.17, 15) is 0 Å². The smallest absolute Gasteiger partial charge is 0.126 e. The molecule has 0 radical (unpaired) electrons. The average molecular weight is 313 g/mol. The predicted octanol–water partition coefficient (Wildman–Crippen LogP) is 2.68. The number of hydrogen-bond donors (Lipinski definition) is 0. The number of nitrogens with zero attached hydrogens (tertiary/aromatic N) is 5. The van der Waals surface area contributed by atoms with Crippen LogP contribution >= 0.6 is 0 Å². The highest BCUT2D eigenvalue weighted by Gasteiger charge is 2.31. The lowest BCUT2D eigenvalue weighted by atomic mass is 10.0. The molecule has 1 aliphatic carbocycles. The molecule has 0 bridgehead atoms. The zero-order chi connectivity index (χ0) is 16.0. The fraction of sp³-hybridized carbons (Fsp3) is 0.667. The molecule has 0 N–H and O–H groups in total. The van der Waals surface area contributed by atoms with Gasteiger partial charge in [-0.1, -0.05) is 0 Å². The molecule has 2 aromatic heterocycles. The SMILES string of the molecule is Cc1nn(C)cc1CN1CCC[C@@H]1c1nc2c(n1C)CCCC2. The molecule has 3 heterocycles. The van der Waals surface area contributed by atoms with E-state index in [1.54, 1.807) is 0 Å². The van der Waals surface area contributed by atoms with Gasteiger partial charge in [-0.15, -0.1) is 0 Å². The monoisotopic (exact) mass is 313 g/mol. The first-order chi connectivity index (χ1) is 11.1. The van der Waals surface area contributed by atoms with E-state index in [1.165, 1.54) is 54.9 Å². The third kappa shape index (κ3) is 2.61. The number of aryl methyl sites for hydroxylation is 3. The van der Waals surface area contributed by atoms with Crippen molar-refractivity contribution in [1.29, 1.82) is 0 Å². The molecule has 124 valence electrons. The Labute approximate surface area is 138 Å². The summed E-state index contributed by atoms with van der Waals surface area (Å²) in [4.78, 5) is 7.65. The largest absolute Gasteiger partial charge is 0.334 e. The van der Waals surface area contributed by atoms with Crippen molar-refractivity contribution >= 4 is 0 Å². The van der Waals surface area contributed by atoms with E-state index in [1.807, 2.05) is 11.7 Å². The van der Waals surface area contributed by atoms with Crippen molar-refractivity contribution in [2.75, 3.05) is 6.54 Å². The molecule has 23 heavy (non-hydrogen) atoms. The van der Waals surface area contributed by atoms with Gasteiger partial charge in [0.15, 0.2) is 0 Å².